The van der Waals surface area contributed by atoms with Crippen LogP contribution in [-0.2, 0) is 4.79 Å². The van der Waals surface area contributed by atoms with Crippen LogP contribution in [0, 0.1) is 5.92 Å². The van der Waals surface area contributed by atoms with Gasteiger partial charge in [-0.05, 0) is 46.1 Å². The van der Waals surface area contributed by atoms with Gasteiger partial charge in [0.1, 0.15) is 0 Å². The molecule has 0 aromatic rings. The maximum Gasteiger partial charge on any atom is 0.234 e. The Balaban J connectivity index is 2.74. The van der Waals surface area contributed by atoms with Crippen LogP contribution in [0.2, 0.25) is 0 Å². The topological polar surface area (TPSA) is 58.4 Å². The second-order valence-corrected chi connectivity index (χ2v) is 7.44. The van der Waals surface area contributed by atoms with Gasteiger partial charge in [-0.2, -0.15) is 0 Å². The van der Waals surface area contributed by atoms with E-state index >= 15 is 0 Å². The molecule has 0 aromatic carbocycles. The standard InChI is InChI=1S/C16H33N3O/c1-6-19(11-14(20)18-15(3,4)5)16(12-17)9-7-8-13(2)10-16/h13H,6-12,17H2,1-5H3,(H,18,20). The van der Waals surface area contributed by atoms with E-state index in [9.17, 15) is 4.79 Å². The molecule has 0 saturated heterocycles. The van der Waals surface area contributed by atoms with Crippen LogP contribution in [0.4, 0.5) is 0 Å². The summed E-state index contributed by atoms with van der Waals surface area (Å²) in [7, 11) is 0. The minimum Gasteiger partial charge on any atom is -0.350 e. The number of rotatable bonds is 5. The summed E-state index contributed by atoms with van der Waals surface area (Å²) >= 11 is 0. The Morgan fingerprint density at radius 1 is 1.45 bits per heavy atom. The zero-order chi connectivity index (χ0) is 15.4. The van der Waals surface area contributed by atoms with Crippen molar-refractivity contribution >= 4 is 5.91 Å². The van der Waals surface area contributed by atoms with Crippen molar-refractivity contribution in [3.63, 3.8) is 0 Å². The van der Waals surface area contributed by atoms with E-state index in [4.69, 9.17) is 5.73 Å². The van der Waals surface area contributed by atoms with Crippen LogP contribution in [0.25, 0.3) is 0 Å². The summed E-state index contributed by atoms with van der Waals surface area (Å²) in [5, 5.41) is 3.05. The lowest BCUT2D eigenvalue weighted by molar-refractivity contribution is -0.125. The summed E-state index contributed by atoms with van der Waals surface area (Å²) in [6.07, 6.45) is 4.73. The molecule has 0 bridgehead atoms. The molecule has 2 atom stereocenters. The number of nitrogens with one attached hydrogen (secondary N) is 1. The van der Waals surface area contributed by atoms with Crippen LogP contribution in [0.3, 0.4) is 0 Å². The molecule has 1 aliphatic rings. The van der Waals surface area contributed by atoms with Gasteiger partial charge in [0, 0.05) is 17.6 Å². The van der Waals surface area contributed by atoms with E-state index in [1.165, 1.54) is 12.8 Å². The number of hydrogen-bond acceptors (Lipinski definition) is 3. The van der Waals surface area contributed by atoms with Gasteiger partial charge in [0.15, 0.2) is 0 Å². The normalized spacial score (nSPS) is 27.6. The molecule has 1 rings (SSSR count). The molecule has 0 aromatic heterocycles. The Kier molecular flexibility index (Phi) is 6.02. The van der Waals surface area contributed by atoms with E-state index in [1.54, 1.807) is 0 Å². The molecule has 4 heteroatoms. The summed E-state index contributed by atoms with van der Waals surface area (Å²) in [6, 6.07) is 0. The highest BCUT2D eigenvalue weighted by Crippen LogP contribution is 2.36. The molecule has 0 aliphatic heterocycles. The smallest absolute Gasteiger partial charge is 0.234 e. The van der Waals surface area contributed by atoms with Crippen molar-refractivity contribution in [3.8, 4) is 0 Å². The van der Waals surface area contributed by atoms with Crippen molar-refractivity contribution in [3.05, 3.63) is 0 Å². The van der Waals surface area contributed by atoms with Crippen LogP contribution >= 0.6 is 0 Å². The average molecular weight is 283 g/mol. The van der Waals surface area contributed by atoms with Gasteiger partial charge < -0.3 is 11.1 Å². The molecule has 0 heterocycles. The molecule has 1 saturated carbocycles. The van der Waals surface area contributed by atoms with Crippen LogP contribution in [-0.4, -0.2) is 41.5 Å². The maximum absolute atomic E-state index is 12.2. The van der Waals surface area contributed by atoms with Gasteiger partial charge in [0.2, 0.25) is 5.91 Å². The molecule has 1 aliphatic carbocycles. The molecule has 1 amide bonds. The number of carbonyl (C=O) groups is 1. The van der Waals surface area contributed by atoms with Crippen LogP contribution in [0.1, 0.15) is 60.3 Å². The molecular formula is C16H33N3O. The van der Waals surface area contributed by atoms with Gasteiger partial charge in [-0.3, -0.25) is 9.69 Å². The maximum atomic E-state index is 12.2. The molecule has 1 fully saturated rings. The first-order valence-electron chi connectivity index (χ1n) is 7.98. The summed E-state index contributed by atoms with van der Waals surface area (Å²) in [6.45, 7) is 12.5. The second-order valence-electron chi connectivity index (χ2n) is 7.44. The lowest BCUT2D eigenvalue weighted by Gasteiger charge is -2.47. The highest BCUT2D eigenvalue weighted by atomic mass is 16.2. The van der Waals surface area contributed by atoms with Crippen molar-refractivity contribution in [2.24, 2.45) is 11.7 Å². The first-order valence-corrected chi connectivity index (χ1v) is 7.98. The minimum atomic E-state index is -0.174. The number of hydrogen-bond donors (Lipinski definition) is 2. The lowest BCUT2D eigenvalue weighted by Crippen LogP contribution is -2.59. The van der Waals surface area contributed by atoms with Gasteiger partial charge in [-0.25, -0.2) is 0 Å². The highest BCUT2D eigenvalue weighted by molar-refractivity contribution is 5.78. The van der Waals surface area contributed by atoms with Crippen LogP contribution in [0.5, 0.6) is 0 Å². The zero-order valence-electron chi connectivity index (χ0n) is 14.0. The Hall–Kier alpha value is -0.610. The van der Waals surface area contributed by atoms with Gasteiger partial charge >= 0.3 is 0 Å². The first-order chi connectivity index (χ1) is 9.22. The Bertz CT molecular complexity index is 324. The molecule has 118 valence electrons. The zero-order valence-corrected chi connectivity index (χ0v) is 14.0. The Morgan fingerprint density at radius 2 is 2.10 bits per heavy atom. The van der Waals surface area contributed by atoms with Crippen molar-refractivity contribution in [1.29, 1.82) is 0 Å². The van der Waals surface area contributed by atoms with Gasteiger partial charge in [-0.1, -0.05) is 26.7 Å². The van der Waals surface area contributed by atoms with E-state index in [-0.39, 0.29) is 17.0 Å². The monoisotopic (exact) mass is 283 g/mol. The summed E-state index contributed by atoms with van der Waals surface area (Å²) in [4.78, 5) is 14.5. The van der Waals surface area contributed by atoms with E-state index in [2.05, 4.69) is 24.1 Å². The largest absolute Gasteiger partial charge is 0.350 e. The number of nitrogens with two attached hydrogens (primary N) is 1. The Morgan fingerprint density at radius 3 is 2.55 bits per heavy atom. The number of likely N-dealkylation sites (N-methyl/N-ethyl adjacent to an activating group) is 1. The third-order valence-corrected chi connectivity index (χ3v) is 4.35. The van der Waals surface area contributed by atoms with Gasteiger partial charge in [0.05, 0.1) is 6.54 Å². The van der Waals surface area contributed by atoms with Crippen LogP contribution in [0.15, 0.2) is 0 Å². The van der Waals surface area contributed by atoms with E-state index in [0.717, 1.165) is 19.4 Å². The predicted octanol–water partition coefficient (Wildman–Crippen LogP) is 2.13. The fourth-order valence-electron chi connectivity index (χ4n) is 3.48. The van der Waals surface area contributed by atoms with Crippen LogP contribution < -0.4 is 11.1 Å². The SMILES string of the molecule is CCN(CC(=O)NC(C)(C)C)C1(CN)CCCC(C)C1. The lowest BCUT2D eigenvalue weighted by atomic mass is 9.75. The molecule has 0 spiro atoms. The van der Waals surface area contributed by atoms with Gasteiger partial charge in [0.25, 0.3) is 0 Å². The molecule has 20 heavy (non-hydrogen) atoms. The molecule has 2 unspecified atom stereocenters. The van der Waals surface area contributed by atoms with Gasteiger partial charge in [-0.15, -0.1) is 0 Å². The van der Waals surface area contributed by atoms with Crippen molar-refractivity contribution < 1.29 is 4.79 Å². The predicted molar refractivity (Wildman–Crippen MR) is 84.6 cm³/mol. The quantitative estimate of drug-likeness (QED) is 0.812. The summed E-state index contributed by atoms with van der Waals surface area (Å²) < 4.78 is 0. The summed E-state index contributed by atoms with van der Waals surface area (Å²) in [5.74, 6) is 0.803. The molecule has 4 nitrogen and oxygen atoms in total. The summed E-state index contributed by atoms with van der Waals surface area (Å²) in [5.41, 5.74) is 5.95. The number of amides is 1. The van der Waals surface area contributed by atoms with Crippen molar-refractivity contribution in [1.82, 2.24) is 10.2 Å². The molecular weight excluding hydrogens is 250 g/mol. The van der Waals surface area contributed by atoms with E-state index in [1.807, 2.05) is 20.8 Å². The number of nitrogens with zero attached hydrogens (tertiary/aromatic N) is 1. The third kappa shape index (κ3) is 4.74. The van der Waals surface area contributed by atoms with E-state index < -0.39 is 0 Å². The fourth-order valence-corrected chi connectivity index (χ4v) is 3.48. The highest BCUT2D eigenvalue weighted by Gasteiger charge is 2.39. The first kappa shape index (κ1) is 17.4. The molecule has 0 radical (unpaired) electrons. The van der Waals surface area contributed by atoms with Crippen molar-refractivity contribution in [2.45, 2.75) is 71.4 Å². The molecule has 3 N–H and O–H groups in total. The Labute approximate surface area is 124 Å². The third-order valence-electron chi connectivity index (χ3n) is 4.35. The van der Waals surface area contributed by atoms with E-state index in [0.29, 0.717) is 19.0 Å². The average Bonchev–Trinajstić information content (AvgIpc) is 2.33. The minimum absolute atomic E-state index is 0.0155. The number of carbonyl (C=O) groups excluding carboxylic acids is 1. The second kappa shape index (κ2) is 6.90. The van der Waals surface area contributed by atoms with Crippen molar-refractivity contribution in [2.75, 3.05) is 19.6 Å². The fraction of sp³-hybridized carbons (Fsp3) is 0.938.